The van der Waals surface area contributed by atoms with E-state index < -0.39 is 0 Å². The van der Waals surface area contributed by atoms with Crippen LogP contribution in [0.25, 0.3) is 0 Å². The fourth-order valence-electron chi connectivity index (χ4n) is 3.22. The van der Waals surface area contributed by atoms with E-state index in [0.717, 1.165) is 22.8 Å². The van der Waals surface area contributed by atoms with Gasteiger partial charge in [0.2, 0.25) is 5.95 Å². The second-order valence-corrected chi connectivity index (χ2v) is 6.29. The van der Waals surface area contributed by atoms with E-state index in [-0.39, 0.29) is 11.7 Å². The number of carbonyl (C=O) groups is 1. The average molecular weight is 349 g/mol. The molecule has 6 nitrogen and oxygen atoms in total. The molecule has 0 fully saturated rings. The van der Waals surface area contributed by atoms with Crippen LogP contribution in [0.3, 0.4) is 0 Å². The predicted molar refractivity (Wildman–Crippen MR) is 96.5 cm³/mol. The first-order chi connectivity index (χ1) is 12.7. The summed E-state index contributed by atoms with van der Waals surface area (Å²) in [5.74, 6) is 2.32. The molecule has 3 aromatic rings. The van der Waals surface area contributed by atoms with Gasteiger partial charge in [-0.1, -0.05) is 12.1 Å². The molecule has 1 unspecified atom stereocenters. The van der Waals surface area contributed by atoms with Gasteiger partial charge in [-0.3, -0.25) is 4.79 Å². The number of aromatic nitrogens is 2. The van der Waals surface area contributed by atoms with Crippen LogP contribution in [-0.4, -0.2) is 22.9 Å². The zero-order valence-electron chi connectivity index (χ0n) is 14.4. The number of ether oxygens (including phenoxy) is 1. The lowest BCUT2D eigenvalue weighted by Gasteiger charge is -2.23. The second kappa shape index (κ2) is 7.00. The number of ketones is 1. The number of benzene rings is 1. The van der Waals surface area contributed by atoms with Crippen LogP contribution >= 0.6 is 0 Å². The number of furan rings is 1. The molecule has 6 heteroatoms. The van der Waals surface area contributed by atoms with E-state index in [1.165, 1.54) is 0 Å². The van der Waals surface area contributed by atoms with Gasteiger partial charge in [0.1, 0.15) is 11.5 Å². The third-order valence-corrected chi connectivity index (χ3v) is 4.63. The number of fused-ring (bicyclic) bond motifs is 1. The van der Waals surface area contributed by atoms with E-state index in [2.05, 4.69) is 15.3 Å². The summed E-state index contributed by atoms with van der Waals surface area (Å²) < 4.78 is 10.5. The average Bonchev–Trinajstić information content (AvgIpc) is 3.20. The molecule has 1 aliphatic rings. The van der Waals surface area contributed by atoms with Crippen LogP contribution in [0.5, 0.6) is 5.75 Å². The van der Waals surface area contributed by atoms with Crippen molar-refractivity contribution in [2.75, 3.05) is 12.4 Å². The SMILES string of the molecule is COc1ccc(C2CC(=O)c3cnc(NCc4ccco4)nc3C2)cc1. The number of Topliss-reactive ketones (excluding diaryl/α,β-unsaturated/α-hetero) is 1. The molecule has 0 spiro atoms. The van der Waals surface area contributed by atoms with Gasteiger partial charge in [-0.15, -0.1) is 0 Å². The number of hydrogen-bond acceptors (Lipinski definition) is 6. The largest absolute Gasteiger partial charge is 0.497 e. The van der Waals surface area contributed by atoms with Gasteiger partial charge in [0.15, 0.2) is 5.78 Å². The van der Waals surface area contributed by atoms with E-state index in [1.54, 1.807) is 19.6 Å². The number of rotatable bonds is 5. The van der Waals surface area contributed by atoms with Gasteiger partial charge in [0, 0.05) is 12.6 Å². The molecule has 26 heavy (non-hydrogen) atoms. The van der Waals surface area contributed by atoms with Crippen LogP contribution in [0.15, 0.2) is 53.3 Å². The lowest BCUT2D eigenvalue weighted by atomic mass is 9.82. The quantitative estimate of drug-likeness (QED) is 0.758. The summed E-state index contributed by atoms with van der Waals surface area (Å²) >= 11 is 0. The number of carbonyl (C=O) groups excluding carboxylic acids is 1. The summed E-state index contributed by atoms with van der Waals surface area (Å²) in [5, 5.41) is 3.14. The number of anilines is 1. The van der Waals surface area contributed by atoms with Gasteiger partial charge in [-0.2, -0.15) is 0 Å². The number of hydrogen-bond donors (Lipinski definition) is 1. The topological polar surface area (TPSA) is 77.2 Å². The first kappa shape index (κ1) is 16.3. The Labute approximate surface area is 151 Å². The standard InChI is InChI=1S/C20H19N3O3/c1-25-15-6-4-13(5-7-15)14-9-18-17(19(24)10-14)12-22-20(23-18)21-11-16-3-2-8-26-16/h2-8,12,14H,9-11H2,1H3,(H,21,22,23). The van der Waals surface area contributed by atoms with Crippen molar-refractivity contribution in [3.05, 3.63) is 71.4 Å². The minimum Gasteiger partial charge on any atom is -0.497 e. The molecule has 132 valence electrons. The van der Waals surface area contributed by atoms with Crippen LogP contribution in [0.4, 0.5) is 5.95 Å². The summed E-state index contributed by atoms with van der Waals surface area (Å²) in [6.07, 6.45) is 4.44. The molecule has 0 saturated carbocycles. The maximum atomic E-state index is 12.5. The van der Waals surface area contributed by atoms with Gasteiger partial charge in [-0.25, -0.2) is 9.97 Å². The Kier molecular flexibility index (Phi) is 4.39. The van der Waals surface area contributed by atoms with Crippen LogP contribution in [0.2, 0.25) is 0 Å². The highest BCUT2D eigenvalue weighted by Gasteiger charge is 2.28. The Balaban J connectivity index is 1.53. The molecule has 1 aliphatic carbocycles. The maximum Gasteiger partial charge on any atom is 0.223 e. The Morgan fingerprint density at radius 1 is 1.23 bits per heavy atom. The number of methoxy groups -OCH3 is 1. The summed E-state index contributed by atoms with van der Waals surface area (Å²) in [6, 6.07) is 11.6. The van der Waals surface area contributed by atoms with E-state index in [1.807, 2.05) is 36.4 Å². The minimum atomic E-state index is 0.0876. The second-order valence-electron chi connectivity index (χ2n) is 6.29. The van der Waals surface area contributed by atoms with Crippen LogP contribution in [0.1, 0.15) is 39.7 Å². The van der Waals surface area contributed by atoms with Crippen molar-refractivity contribution in [1.82, 2.24) is 9.97 Å². The van der Waals surface area contributed by atoms with E-state index >= 15 is 0 Å². The van der Waals surface area contributed by atoms with Gasteiger partial charge >= 0.3 is 0 Å². The zero-order chi connectivity index (χ0) is 17.9. The summed E-state index contributed by atoms with van der Waals surface area (Å²) in [6.45, 7) is 0.502. The fourth-order valence-corrected chi connectivity index (χ4v) is 3.22. The van der Waals surface area contributed by atoms with Gasteiger partial charge in [0.25, 0.3) is 0 Å². The predicted octanol–water partition coefficient (Wildman–Crippen LogP) is 3.60. The monoisotopic (exact) mass is 349 g/mol. The van der Waals surface area contributed by atoms with E-state index in [4.69, 9.17) is 9.15 Å². The molecule has 2 aromatic heterocycles. The molecule has 1 N–H and O–H groups in total. The number of nitrogens with one attached hydrogen (secondary N) is 1. The highest BCUT2D eigenvalue weighted by molar-refractivity contribution is 5.98. The first-order valence-electron chi connectivity index (χ1n) is 8.52. The Bertz CT molecular complexity index is 905. The van der Waals surface area contributed by atoms with Crippen molar-refractivity contribution in [3.8, 4) is 5.75 Å². The highest BCUT2D eigenvalue weighted by atomic mass is 16.5. The normalized spacial score (nSPS) is 16.2. The highest BCUT2D eigenvalue weighted by Crippen LogP contribution is 2.32. The van der Waals surface area contributed by atoms with Crippen molar-refractivity contribution in [2.45, 2.75) is 25.3 Å². The zero-order valence-corrected chi connectivity index (χ0v) is 14.4. The van der Waals surface area contributed by atoms with Crippen molar-refractivity contribution in [3.63, 3.8) is 0 Å². The Hall–Kier alpha value is -3.15. The number of nitrogens with zero attached hydrogens (tertiary/aromatic N) is 2. The molecular weight excluding hydrogens is 330 g/mol. The van der Waals surface area contributed by atoms with Crippen LogP contribution in [-0.2, 0) is 13.0 Å². The van der Waals surface area contributed by atoms with Gasteiger partial charge < -0.3 is 14.5 Å². The lowest BCUT2D eigenvalue weighted by molar-refractivity contribution is 0.0962. The molecule has 4 rings (SSSR count). The van der Waals surface area contributed by atoms with E-state index in [0.29, 0.717) is 30.9 Å². The summed E-state index contributed by atoms with van der Waals surface area (Å²) in [7, 11) is 1.64. The molecule has 0 bridgehead atoms. The maximum absolute atomic E-state index is 12.5. The smallest absolute Gasteiger partial charge is 0.223 e. The molecular formula is C20H19N3O3. The molecule has 2 heterocycles. The van der Waals surface area contributed by atoms with Crippen LogP contribution < -0.4 is 10.1 Å². The van der Waals surface area contributed by atoms with Crippen molar-refractivity contribution in [2.24, 2.45) is 0 Å². The van der Waals surface area contributed by atoms with Crippen molar-refractivity contribution in [1.29, 1.82) is 0 Å². The minimum absolute atomic E-state index is 0.0876. The third kappa shape index (κ3) is 3.31. The fraction of sp³-hybridized carbons (Fsp3) is 0.250. The van der Waals surface area contributed by atoms with Gasteiger partial charge in [0.05, 0.1) is 31.2 Å². The Morgan fingerprint density at radius 3 is 2.81 bits per heavy atom. The molecule has 1 atom stereocenters. The Morgan fingerprint density at radius 2 is 2.08 bits per heavy atom. The third-order valence-electron chi connectivity index (χ3n) is 4.63. The molecule has 0 aliphatic heterocycles. The summed E-state index contributed by atoms with van der Waals surface area (Å²) in [4.78, 5) is 21.3. The van der Waals surface area contributed by atoms with Crippen LogP contribution in [0, 0.1) is 0 Å². The first-order valence-corrected chi connectivity index (χ1v) is 8.52. The molecule has 0 amide bonds. The van der Waals surface area contributed by atoms with E-state index in [9.17, 15) is 4.79 Å². The lowest BCUT2D eigenvalue weighted by Crippen LogP contribution is -2.21. The van der Waals surface area contributed by atoms with Crippen molar-refractivity contribution < 1.29 is 13.9 Å². The molecule has 1 aromatic carbocycles. The molecule has 0 saturated heterocycles. The molecule has 0 radical (unpaired) electrons. The summed E-state index contributed by atoms with van der Waals surface area (Å²) in [5.41, 5.74) is 2.53. The van der Waals surface area contributed by atoms with Crippen molar-refractivity contribution >= 4 is 11.7 Å². The van der Waals surface area contributed by atoms with Gasteiger partial charge in [-0.05, 0) is 42.2 Å².